The largest absolute Gasteiger partial charge is 0.497 e. The van der Waals surface area contributed by atoms with Crippen LogP contribution in [0.15, 0.2) is 60.0 Å². The van der Waals surface area contributed by atoms with Crippen molar-refractivity contribution < 1.29 is 22.7 Å². The van der Waals surface area contributed by atoms with Crippen molar-refractivity contribution in [2.24, 2.45) is 0 Å². The van der Waals surface area contributed by atoms with Crippen LogP contribution in [0.25, 0.3) is 0 Å². The van der Waals surface area contributed by atoms with E-state index < -0.39 is 15.9 Å². The number of amides is 1. The second-order valence-corrected chi connectivity index (χ2v) is 8.76. The predicted octanol–water partition coefficient (Wildman–Crippen LogP) is 3.49. The number of nitrogens with one attached hydrogen (secondary N) is 1. The van der Waals surface area contributed by atoms with Crippen molar-refractivity contribution in [2.75, 3.05) is 31.7 Å². The maximum absolute atomic E-state index is 13.3. The molecule has 162 valence electrons. The number of halogens is 1. The van der Waals surface area contributed by atoms with Crippen LogP contribution in [0.3, 0.4) is 0 Å². The molecule has 2 aromatic rings. The second kappa shape index (κ2) is 10.5. The fraction of sp³-hybridized carbons (Fsp3) is 0.286. The topological polar surface area (TPSA) is 84.9 Å². The average Bonchev–Trinajstić information content (AvgIpc) is 2.72. The quantitative estimate of drug-likeness (QED) is 0.558. The molecule has 0 aliphatic rings. The molecule has 30 heavy (non-hydrogen) atoms. The summed E-state index contributed by atoms with van der Waals surface area (Å²) in [7, 11) is -0.937. The Morgan fingerprint density at radius 3 is 2.47 bits per heavy atom. The Labute approximate surface area is 182 Å². The van der Waals surface area contributed by atoms with Gasteiger partial charge >= 0.3 is 0 Å². The number of methoxy groups -OCH3 is 2. The van der Waals surface area contributed by atoms with E-state index in [1.165, 1.54) is 42.8 Å². The molecule has 2 aromatic carbocycles. The summed E-state index contributed by atoms with van der Waals surface area (Å²) in [6.07, 6.45) is 1.48. The Kier molecular flexibility index (Phi) is 8.28. The first kappa shape index (κ1) is 23.7. The molecule has 0 saturated heterocycles. The Morgan fingerprint density at radius 1 is 1.23 bits per heavy atom. The fourth-order valence-electron chi connectivity index (χ4n) is 2.77. The highest BCUT2D eigenvalue weighted by atomic mass is 35.5. The number of hydrogen-bond acceptors (Lipinski definition) is 5. The third-order valence-electron chi connectivity index (χ3n) is 4.22. The molecule has 0 saturated carbocycles. The summed E-state index contributed by atoms with van der Waals surface area (Å²) in [5.41, 5.74) is 0.499. The van der Waals surface area contributed by atoms with Gasteiger partial charge in [-0.2, -0.15) is 0 Å². The summed E-state index contributed by atoms with van der Waals surface area (Å²) in [6, 6.07) is 10.4. The Hall–Kier alpha value is -2.55. The van der Waals surface area contributed by atoms with E-state index >= 15 is 0 Å². The van der Waals surface area contributed by atoms with Crippen LogP contribution in [0.4, 0.5) is 5.69 Å². The van der Waals surface area contributed by atoms with Gasteiger partial charge in [-0.1, -0.05) is 17.7 Å². The lowest BCUT2D eigenvalue weighted by Gasteiger charge is -2.24. The highest BCUT2D eigenvalue weighted by molar-refractivity contribution is 7.92. The zero-order valence-electron chi connectivity index (χ0n) is 17.1. The van der Waals surface area contributed by atoms with Gasteiger partial charge in [0.15, 0.2) is 0 Å². The summed E-state index contributed by atoms with van der Waals surface area (Å²) in [5, 5.41) is 2.88. The van der Waals surface area contributed by atoms with Crippen LogP contribution >= 0.6 is 11.6 Å². The molecule has 0 aliphatic carbocycles. The van der Waals surface area contributed by atoms with Gasteiger partial charge in [-0.25, -0.2) is 8.42 Å². The average molecular weight is 453 g/mol. The first-order valence-corrected chi connectivity index (χ1v) is 10.9. The van der Waals surface area contributed by atoms with Crippen LogP contribution in [-0.2, 0) is 14.8 Å². The van der Waals surface area contributed by atoms with Gasteiger partial charge in [0, 0.05) is 13.2 Å². The van der Waals surface area contributed by atoms with E-state index in [2.05, 4.69) is 11.9 Å². The summed E-state index contributed by atoms with van der Waals surface area (Å²) < 4.78 is 38.0. The first-order valence-electron chi connectivity index (χ1n) is 9.11. The van der Waals surface area contributed by atoms with Crippen molar-refractivity contribution in [1.29, 1.82) is 0 Å². The molecular weight excluding hydrogens is 428 g/mol. The minimum absolute atomic E-state index is 0.0453. The smallest absolute Gasteiger partial charge is 0.264 e. The molecule has 9 heteroatoms. The molecule has 0 aliphatic heterocycles. The van der Waals surface area contributed by atoms with E-state index in [-0.39, 0.29) is 28.1 Å². The van der Waals surface area contributed by atoms with Crippen molar-refractivity contribution in [3.05, 3.63) is 65.7 Å². The first-order chi connectivity index (χ1) is 14.2. The molecule has 0 radical (unpaired) electrons. The number of carbonyl (C=O) groups excluding carboxylic acids is 1. The summed E-state index contributed by atoms with van der Waals surface area (Å²) in [5.74, 6) is 0.117. The minimum Gasteiger partial charge on any atom is -0.497 e. The van der Waals surface area contributed by atoms with Gasteiger partial charge in [-0.05, 0) is 49.4 Å². The lowest BCUT2D eigenvalue weighted by molar-refractivity contribution is 0.0905. The monoisotopic (exact) mass is 452 g/mol. The van der Waals surface area contributed by atoms with Crippen LogP contribution in [0.5, 0.6) is 5.75 Å². The van der Waals surface area contributed by atoms with E-state index in [4.69, 9.17) is 21.1 Å². The lowest BCUT2D eigenvalue weighted by Crippen LogP contribution is -2.36. The van der Waals surface area contributed by atoms with Gasteiger partial charge in [0.25, 0.3) is 15.9 Å². The van der Waals surface area contributed by atoms with Gasteiger partial charge in [-0.3, -0.25) is 9.10 Å². The zero-order chi connectivity index (χ0) is 22.3. The number of rotatable bonds is 10. The second-order valence-electron chi connectivity index (χ2n) is 6.49. The van der Waals surface area contributed by atoms with Crippen molar-refractivity contribution in [1.82, 2.24) is 5.32 Å². The maximum atomic E-state index is 13.3. The van der Waals surface area contributed by atoms with Crippen LogP contribution in [-0.4, -0.2) is 47.7 Å². The van der Waals surface area contributed by atoms with Gasteiger partial charge in [-0.15, -0.1) is 6.58 Å². The Balaban J connectivity index is 2.43. The van der Waals surface area contributed by atoms with Crippen molar-refractivity contribution in [2.45, 2.75) is 17.9 Å². The maximum Gasteiger partial charge on any atom is 0.264 e. The van der Waals surface area contributed by atoms with E-state index in [1.807, 2.05) is 0 Å². The molecule has 0 bridgehead atoms. The highest BCUT2D eigenvalue weighted by Gasteiger charge is 2.26. The van der Waals surface area contributed by atoms with E-state index in [0.717, 1.165) is 0 Å². The number of carbonyl (C=O) groups is 1. The van der Waals surface area contributed by atoms with Crippen LogP contribution < -0.4 is 14.4 Å². The summed E-state index contributed by atoms with van der Waals surface area (Å²) in [6.45, 7) is 5.78. The van der Waals surface area contributed by atoms with Crippen molar-refractivity contribution in [3.63, 3.8) is 0 Å². The minimum atomic E-state index is -3.99. The van der Waals surface area contributed by atoms with E-state index in [1.54, 1.807) is 31.2 Å². The number of sulfonamides is 1. The van der Waals surface area contributed by atoms with E-state index in [9.17, 15) is 13.2 Å². The number of anilines is 1. The molecular formula is C21H25ClN2O5S. The van der Waals surface area contributed by atoms with E-state index in [0.29, 0.717) is 18.0 Å². The zero-order valence-corrected chi connectivity index (χ0v) is 18.7. The SMILES string of the molecule is C=CCN(c1ccc(OC)cc1)S(=O)(=O)c1ccc(Cl)c(C(=O)NC(C)COC)c1. The van der Waals surface area contributed by atoms with Crippen molar-refractivity contribution in [3.8, 4) is 5.75 Å². The van der Waals surface area contributed by atoms with Crippen molar-refractivity contribution >= 4 is 33.2 Å². The van der Waals surface area contributed by atoms with Gasteiger partial charge < -0.3 is 14.8 Å². The normalized spacial score (nSPS) is 12.1. The molecule has 0 aromatic heterocycles. The number of benzene rings is 2. The molecule has 1 unspecified atom stereocenters. The molecule has 1 amide bonds. The van der Waals surface area contributed by atoms with Gasteiger partial charge in [0.05, 0.1) is 41.4 Å². The Bertz CT molecular complexity index is 993. The standard InChI is InChI=1S/C21H25ClN2O5S/c1-5-12-24(16-6-8-17(29-4)9-7-16)30(26,27)18-10-11-20(22)19(13-18)21(25)23-15(2)14-28-3/h5-11,13,15H,1,12,14H2,2-4H3,(H,23,25). The number of hydrogen-bond donors (Lipinski definition) is 1. The molecule has 1 atom stereocenters. The third-order valence-corrected chi connectivity index (χ3v) is 6.34. The fourth-order valence-corrected chi connectivity index (χ4v) is 4.43. The summed E-state index contributed by atoms with van der Waals surface area (Å²) >= 11 is 6.16. The molecule has 0 heterocycles. The molecule has 1 N–H and O–H groups in total. The third kappa shape index (κ3) is 5.53. The number of ether oxygens (including phenoxy) is 2. The predicted molar refractivity (Wildman–Crippen MR) is 118 cm³/mol. The number of nitrogens with zero attached hydrogens (tertiary/aromatic N) is 1. The van der Waals surface area contributed by atoms with Crippen LogP contribution in [0.1, 0.15) is 17.3 Å². The van der Waals surface area contributed by atoms with Gasteiger partial charge in [0.1, 0.15) is 5.75 Å². The highest BCUT2D eigenvalue weighted by Crippen LogP contribution is 2.28. The van der Waals surface area contributed by atoms with Crippen LogP contribution in [0, 0.1) is 0 Å². The Morgan fingerprint density at radius 2 is 1.90 bits per heavy atom. The molecule has 7 nitrogen and oxygen atoms in total. The molecule has 2 rings (SSSR count). The molecule has 0 fully saturated rings. The van der Waals surface area contributed by atoms with Crippen LogP contribution in [0.2, 0.25) is 5.02 Å². The van der Waals surface area contributed by atoms with Gasteiger partial charge in [0.2, 0.25) is 0 Å². The summed E-state index contributed by atoms with van der Waals surface area (Å²) in [4.78, 5) is 12.5. The molecule has 0 spiro atoms. The lowest BCUT2D eigenvalue weighted by atomic mass is 10.2.